The topological polar surface area (TPSA) is 44.8 Å². The molecular formula is C18H16O4. The molecule has 0 aromatic heterocycles. The summed E-state index contributed by atoms with van der Waals surface area (Å²) in [5.41, 5.74) is 2.85. The van der Waals surface area contributed by atoms with Crippen molar-refractivity contribution in [3.63, 3.8) is 0 Å². The Kier molecular flexibility index (Phi) is 3.79. The third-order valence-electron chi connectivity index (χ3n) is 3.71. The highest BCUT2D eigenvalue weighted by Gasteiger charge is 2.41. The van der Waals surface area contributed by atoms with Gasteiger partial charge >= 0.3 is 5.97 Å². The molecule has 1 heterocycles. The lowest BCUT2D eigenvalue weighted by Crippen LogP contribution is -2.36. The van der Waals surface area contributed by atoms with Crippen LogP contribution >= 0.6 is 0 Å². The number of methoxy groups -OCH3 is 2. The number of hydrogen-bond acceptors (Lipinski definition) is 4. The van der Waals surface area contributed by atoms with Gasteiger partial charge in [0.25, 0.3) is 0 Å². The number of carbonyl (C=O) groups is 1. The second-order valence-corrected chi connectivity index (χ2v) is 4.87. The minimum Gasteiger partial charge on any atom is -0.435 e. The molecule has 0 radical (unpaired) electrons. The van der Waals surface area contributed by atoms with E-state index in [2.05, 4.69) is 0 Å². The highest BCUT2D eigenvalue weighted by atomic mass is 16.9. The van der Waals surface area contributed by atoms with Crippen LogP contribution < -0.4 is 0 Å². The summed E-state index contributed by atoms with van der Waals surface area (Å²) in [6.07, 6.45) is 2.66. The van der Waals surface area contributed by atoms with Crippen molar-refractivity contribution in [2.24, 2.45) is 0 Å². The van der Waals surface area contributed by atoms with Gasteiger partial charge in [0, 0.05) is 30.9 Å². The van der Waals surface area contributed by atoms with E-state index in [4.69, 9.17) is 14.2 Å². The van der Waals surface area contributed by atoms with Crippen molar-refractivity contribution in [1.29, 1.82) is 0 Å². The predicted molar refractivity (Wildman–Crippen MR) is 82.9 cm³/mol. The van der Waals surface area contributed by atoms with Crippen molar-refractivity contribution in [2.45, 2.75) is 5.97 Å². The highest BCUT2D eigenvalue weighted by Crippen LogP contribution is 2.41. The van der Waals surface area contributed by atoms with Gasteiger partial charge in [-0.1, -0.05) is 42.5 Å². The molecule has 0 spiro atoms. The molecule has 0 saturated heterocycles. The number of benzene rings is 2. The SMILES string of the molecule is COC1(OC)OC(c2ccccc2)=Cc2c(C=O)cccc21. The zero-order chi connectivity index (χ0) is 15.6. The van der Waals surface area contributed by atoms with Gasteiger partial charge in [0.15, 0.2) is 6.29 Å². The van der Waals surface area contributed by atoms with E-state index in [1.807, 2.05) is 42.5 Å². The second-order valence-electron chi connectivity index (χ2n) is 4.87. The van der Waals surface area contributed by atoms with E-state index in [1.165, 1.54) is 14.2 Å². The van der Waals surface area contributed by atoms with Crippen LogP contribution in [0.4, 0.5) is 0 Å². The van der Waals surface area contributed by atoms with Crippen molar-refractivity contribution < 1.29 is 19.0 Å². The van der Waals surface area contributed by atoms with E-state index in [9.17, 15) is 4.79 Å². The lowest BCUT2D eigenvalue weighted by Gasteiger charge is -2.36. The van der Waals surface area contributed by atoms with Crippen molar-refractivity contribution in [2.75, 3.05) is 14.2 Å². The lowest BCUT2D eigenvalue weighted by atomic mass is 9.95. The molecule has 0 amide bonds. The number of ether oxygens (including phenoxy) is 3. The summed E-state index contributed by atoms with van der Waals surface area (Å²) in [6.45, 7) is 0. The fourth-order valence-corrected chi connectivity index (χ4v) is 2.61. The van der Waals surface area contributed by atoms with Gasteiger partial charge in [-0.15, -0.1) is 0 Å². The molecule has 0 N–H and O–H groups in total. The van der Waals surface area contributed by atoms with Gasteiger partial charge in [-0.2, -0.15) is 0 Å². The molecule has 1 aliphatic heterocycles. The molecule has 2 aromatic carbocycles. The van der Waals surface area contributed by atoms with E-state index < -0.39 is 5.97 Å². The molecule has 0 saturated carbocycles. The summed E-state index contributed by atoms with van der Waals surface area (Å²) in [6, 6.07) is 15.0. The number of carbonyl (C=O) groups excluding carboxylic acids is 1. The first-order valence-corrected chi connectivity index (χ1v) is 6.89. The van der Waals surface area contributed by atoms with Crippen molar-refractivity contribution in [3.05, 3.63) is 70.8 Å². The van der Waals surface area contributed by atoms with Crippen LogP contribution in [0.25, 0.3) is 11.8 Å². The molecule has 0 unspecified atom stereocenters. The molecular weight excluding hydrogens is 280 g/mol. The minimum atomic E-state index is -1.37. The maximum Gasteiger partial charge on any atom is 0.356 e. The molecule has 112 valence electrons. The molecule has 1 aliphatic rings. The fourth-order valence-electron chi connectivity index (χ4n) is 2.61. The number of hydrogen-bond donors (Lipinski definition) is 0. The summed E-state index contributed by atoms with van der Waals surface area (Å²) in [7, 11) is 3.02. The standard InChI is InChI=1S/C18H16O4/c1-20-18(21-2)16-10-6-9-14(12-19)15(16)11-17(22-18)13-7-4-3-5-8-13/h3-12H,1-2H3. The summed E-state index contributed by atoms with van der Waals surface area (Å²) >= 11 is 0. The minimum absolute atomic E-state index is 0.563. The Bertz CT molecular complexity index is 715. The summed E-state index contributed by atoms with van der Waals surface area (Å²) < 4.78 is 17.0. The quantitative estimate of drug-likeness (QED) is 0.640. The van der Waals surface area contributed by atoms with Gasteiger partial charge in [-0.05, 0) is 12.1 Å². The van der Waals surface area contributed by atoms with Crippen molar-refractivity contribution >= 4 is 18.1 Å². The Hall–Kier alpha value is -2.43. The number of aldehydes is 1. The maximum atomic E-state index is 11.4. The smallest absolute Gasteiger partial charge is 0.356 e. The maximum absolute atomic E-state index is 11.4. The van der Waals surface area contributed by atoms with Crippen molar-refractivity contribution in [1.82, 2.24) is 0 Å². The molecule has 4 nitrogen and oxygen atoms in total. The van der Waals surface area contributed by atoms with Gasteiger partial charge < -0.3 is 14.2 Å². The van der Waals surface area contributed by atoms with Gasteiger partial charge in [0.2, 0.25) is 0 Å². The third kappa shape index (κ3) is 2.22. The zero-order valence-corrected chi connectivity index (χ0v) is 12.4. The van der Waals surface area contributed by atoms with Gasteiger partial charge in [0.1, 0.15) is 5.76 Å². The summed E-state index contributed by atoms with van der Waals surface area (Å²) in [5.74, 6) is -0.778. The first-order valence-electron chi connectivity index (χ1n) is 6.89. The monoisotopic (exact) mass is 296 g/mol. The van der Waals surface area contributed by atoms with E-state index >= 15 is 0 Å². The molecule has 0 aliphatic carbocycles. The first kappa shape index (κ1) is 14.5. The van der Waals surface area contributed by atoms with Crippen LogP contribution in [0.1, 0.15) is 27.0 Å². The Labute approximate surface area is 128 Å². The number of rotatable bonds is 4. The van der Waals surface area contributed by atoms with Gasteiger partial charge in [-0.3, -0.25) is 4.79 Å². The van der Waals surface area contributed by atoms with Crippen LogP contribution in [0.5, 0.6) is 0 Å². The normalized spacial score (nSPS) is 15.5. The molecule has 2 aromatic rings. The molecule has 0 atom stereocenters. The first-order chi connectivity index (χ1) is 10.7. The van der Waals surface area contributed by atoms with Crippen molar-refractivity contribution in [3.8, 4) is 0 Å². The van der Waals surface area contributed by atoms with E-state index in [0.717, 1.165) is 17.4 Å². The average Bonchev–Trinajstić information content (AvgIpc) is 2.61. The van der Waals surface area contributed by atoms with Gasteiger partial charge in [0.05, 0.1) is 5.56 Å². The Morgan fingerprint density at radius 3 is 2.36 bits per heavy atom. The van der Waals surface area contributed by atoms with Crippen LogP contribution in [0.2, 0.25) is 0 Å². The third-order valence-corrected chi connectivity index (χ3v) is 3.71. The second kappa shape index (κ2) is 5.75. The molecule has 22 heavy (non-hydrogen) atoms. The largest absolute Gasteiger partial charge is 0.435 e. The van der Waals surface area contributed by atoms with Crippen LogP contribution in [-0.4, -0.2) is 20.5 Å². The molecule has 0 fully saturated rings. The average molecular weight is 296 g/mol. The molecule has 4 heteroatoms. The Morgan fingerprint density at radius 2 is 1.73 bits per heavy atom. The van der Waals surface area contributed by atoms with E-state index in [-0.39, 0.29) is 0 Å². The van der Waals surface area contributed by atoms with Crippen LogP contribution in [0.3, 0.4) is 0 Å². The van der Waals surface area contributed by atoms with Gasteiger partial charge in [-0.25, -0.2) is 0 Å². The number of fused-ring (bicyclic) bond motifs is 1. The summed E-state index contributed by atoms with van der Waals surface area (Å²) in [4.78, 5) is 11.4. The Morgan fingerprint density at radius 1 is 1.00 bits per heavy atom. The van der Waals surface area contributed by atoms with E-state index in [1.54, 1.807) is 12.1 Å². The molecule has 0 bridgehead atoms. The zero-order valence-electron chi connectivity index (χ0n) is 12.4. The van der Waals surface area contributed by atoms with Crippen LogP contribution in [-0.2, 0) is 20.2 Å². The predicted octanol–water partition coefficient (Wildman–Crippen LogP) is 3.43. The Balaban J connectivity index is 2.24. The lowest BCUT2D eigenvalue weighted by molar-refractivity contribution is -0.348. The van der Waals surface area contributed by atoms with E-state index in [0.29, 0.717) is 16.9 Å². The molecule has 3 rings (SSSR count). The summed E-state index contributed by atoms with van der Waals surface area (Å²) in [5, 5.41) is 0. The highest BCUT2D eigenvalue weighted by molar-refractivity contribution is 5.89. The van der Waals surface area contributed by atoms with Crippen LogP contribution in [0, 0.1) is 0 Å². The fraction of sp³-hybridized carbons (Fsp3) is 0.167. The van der Waals surface area contributed by atoms with Crippen LogP contribution in [0.15, 0.2) is 48.5 Å².